The molecule has 0 spiro atoms. The third kappa shape index (κ3) is 7.86. The van der Waals surface area contributed by atoms with E-state index in [1.807, 2.05) is 0 Å². The molecule has 2 aromatic rings. The van der Waals surface area contributed by atoms with Crippen LogP contribution in [0.25, 0.3) is 5.57 Å². The summed E-state index contributed by atoms with van der Waals surface area (Å²) >= 11 is 0. The fraction of sp³-hybridized carbons (Fsp3) is 0.186. The van der Waals surface area contributed by atoms with Gasteiger partial charge in [-0.2, -0.15) is 0 Å². The van der Waals surface area contributed by atoms with Gasteiger partial charge in [0.05, 0.1) is 11.7 Å². The van der Waals surface area contributed by atoms with Crippen molar-refractivity contribution in [1.29, 1.82) is 0 Å². The predicted molar refractivity (Wildman–Crippen MR) is 195 cm³/mol. The standard InChI is InChI=1S/C24H16BF12.C19H15/c26-13-1-5-17(21(30,31)9-13)25(18-6-2-14(27)10-22(18,32)33,19-7-3-15(28)11-23(19,34)35)20-8-4-16(29)12-24(20,36)37;1-4-10-16(11-5-1)19(17-12-6-2-7-13-17)18-14-8-3-9-15-18/h1-12,17-20H;1-15H/q-1;+1. The Balaban J connectivity index is 0.000000233. The van der Waals surface area contributed by atoms with Crippen LogP contribution in [0.15, 0.2) is 187 Å². The highest BCUT2D eigenvalue weighted by Gasteiger charge is 2.68. The highest BCUT2D eigenvalue weighted by atomic mass is 19.3. The zero-order chi connectivity index (χ0) is 40.5. The lowest BCUT2D eigenvalue weighted by molar-refractivity contribution is 0.0124. The summed E-state index contributed by atoms with van der Waals surface area (Å²) in [6.45, 7) is 0. The van der Waals surface area contributed by atoms with E-state index < -0.39 is 101 Å². The van der Waals surface area contributed by atoms with E-state index in [4.69, 9.17) is 0 Å². The normalized spacial score (nSPS) is 27.4. The summed E-state index contributed by atoms with van der Waals surface area (Å²) < 4.78 is 179. The van der Waals surface area contributed by atoms with E-state index in [1.165, 1.54) is 22.3 Å². The lowest BCUT2D eigenvalue weighted by Gasteiger charge is -2.63. The molecule has 290 valence electrons. The molecule has 0 fully saturated rings. The number of hydrogen-bond acceptors (Lipinski definition) is 0. The Morgan fingerprint density at radius 3 is 1.04 bits per heavy atom. The van der Waals surface area contributed by atoms with Crippen LogP contribution in [0.1, 0.15) is 11.1 Å². The van der Waals surface area contributed by atoms with Gasteiger partial charge < -0.3 is 0 Å². The van der Waals surface area contributed by atoms with E-state index in [9.17, 15) is 17.6 Å². The van der Waals surface area contributed by atoms with Crippen molar-refractivity contribution in [2.75, 3.05) is 0 Å². The van der Waals surface area contributed by atoms with E-state index in [-0.39, 0.29) is 24.3 Å². The molecule has 56 heavy (non-hydrogen) atoms. The summed E-state index contributed by atoms with van der Waals surface area (Å²) in [4.78, 5) is 0. The van der Waals surface area contributed by atoms with Crippen molar-refractivity contribution in [2.45, 2.75) is 47.0 Å². The number of rotatable bonds is 6. The topological polar surface area (TPSA) is 0 Å². The van der Waals surface area contributed by atoms with Crippen LogP contribution in [0.2, 0.25) is 23.3 Å². The highest BCUT2D eigenvalue weighted by molar-refractivity contribution is 6.88. The average molecular weight is 787 g/mol. The maximum atomic E-state index is 15.4. The van der Waals surface area contributed by atoms with Gasteiger partial charge in [-0.3, -0.25) is 0 Å². The summed E-state index contributed by atoms with van der Waals surface area (Å²) in [5.74, 6) is -36.6. The quantitative estimate of drug-likeness (QED) is 0.155. The van der Waals surface area contributed by atoms with Gasteiger partial charge >= 0.3 is 0 Å². The molecule has 4 unspecified atom stereocenters. The Kier molecular flexibility index (Phi) is 11.0. The van der Waals surface area contributed by atoms with Crippen LogP contribution in [0.5, 0.6) is 0 Å². The Hall–Kier alpha value is -5.33. The van der Waals surface area contributed by atoms with Gasteiger partial charge in [0.2, 0.25) is 23.7 Å². The maximum Gasteiger partial charge on any atom is 0.244 e. The molecule has 0 saturated carbocycles. The van der Waals surface area contributed by atoms with Crippen LogP contribution in [0.3, 0.4) is 0 Å². The molecule has 0 aliphatic heterocycles. The van der Waals surface area contributed by atoms with Gasteiger partial charge in [-0.15, -0.1) is 24.3 Å². The third-order valence-corrected chi connectivity index (χ3v) is 10.6. The monoisotopic (exact) mass is 786 g/mol. The van der Waals surface area contributed by atoms with E-state index in [2.05, 4.69) is 91.4 Å². The Labute approximate surface area is 315 Å². The molecule has 0 amide bonds. The molecule has 0 aromatic heterocycles. The van der Waals surface area contributed by atoms with Crippen molar-refractivity contribution in [3.63, 3.8) is 0 Å². The van der Waals surface area contributed by atoms with Crippen molar-refractivity contribution < 1.29 is 52.7 Å². The molecule has 5 aliphatic carbocycles. The van der Waals surface area contributed by atoms with Crippen molar-refractivity contribution in [1.82, 2.24) is 0 Å². The predicted octanol–water partition coefficient (Wildman–Crippen LogP) is 14.0. The van der Waals surface area contributed by atoms with Crippen LogP contribution < -0.4 is 0 Å². The van der Waals surface area contributed by atoms with Gasteiger partial charge in [-0.05, 0) is 48.6 Å². The molecule has 5 aliphatic rings. The summed E-state index contributed by atoms with van der Waals surface area (Å²) in [6.07, 6.45) is 6.40. The fourth-order valence-electron chi connectivity index (χ4n) is 8.57. The first-order chi connectivity index (χ1) is 26.4. The van der Waals surface area contributed by atoms with E-state index in [0.717, 1.165) is 0 Å². The summed E-state index contributed by atoms with van der Waals surface area (Å²) in [7, 11) is 0. The van der Waals surface area contributed by atoms with Gasteiger partial charge in [0.15, 0.2) is 0 Å². The molecule has 7 rings (SSSR count). The summed E-state index contributed by atoms with van der Waals surface area (Å²) in [5, 5.41) is 0. The SMILES string of the molecule is C1=C[CH+]C(=C(c2ccccc2)c2ccccc2)C=C1.FC1=CC(F)(F)C([B-](C2C=CC(F)=CC2(F)F)(C2C=CC(F)=CC2(F)F)C2C=CC(F)=CC2(F)F)C=C1. The zero-order valence-corrected chi connectivity index (χ0v) is 29.0. The largest absolute Gasteiger partial charge is 0.244 e. The molecule has 2 aromatic carbocycles. The van der Waals surface area contributed by atoms with Crippen molar-refractivity contribution in [2.24, 2.45) is 0 Å². The minimum Gasteiger partial charge on any atom is -0.207 e. The molecular weight excluding hydrogens is 755 g/mol. The molecule has 0 saturated heterocycles. The first-order valence-corrected chi connectivity index (χ1v) is 17.4. The fourth-order valence-corrected chi connectivity index (χ4v) is 8.57. The maximum absolute atomic E-state index is 15.4. The number of alkyl halides is 8. The van der Waals surface area contributed by atoms with Crippen LogP contribution in [-0.2, 0) is 0 Å². The van der Waals surface area contributed by atoms with Crippen LogP contribution in [-0.4, -0.2) is 29.8 Å². The van der Waals surface area contributed by atoms with Gasteiger partial charge in [-0.25, -0.2) is 52.7 Å². The average Bonchev–Trinajstić information content (AvgIpc) is 3.11. The minimum atomic E-state index is -4.77. The van der Waals surface area contributed by atoms with Gasteiger partial charge in [0.1, 0.15) is 28.9 Å². The Bertz CT molecular complexity index is 1920. The lowest BCUT2D eigenvalue weighted by atomic mass is 9.02. The van der Waals surface area contributed by atoms with Gasteiger partial charge in [0.25, 0.3) is 0 Å². The molecule has 0 bridgehead atoms. The Morgan fingerprint density at radius 1 is 0.446 bits per heavy atom. The Morgan fingerprint density at radius 2 is 0.768 bits per heavy atom. The number of benzene rings is 2. The first-order valence-electron chi connectivity index (χ1n) is 17.4. The second-order valence-corrected chi connectivity index (χ2v) is 14.0. The highest BCUT2D eigenvalue weighted by Crippen LogP contribution is 2.68. The first kappa shape index (κ1) is 40.3. The third-order valence-electron chi connectivity index (χ3n) is 10.6. The summed E-state index contributed by atoms with van der Waals surface area (Å²) in [5.41, 5.74) is 5.03. The van der Waals surface area contributed by atoms with E-state index in [0.29, 0.717) is 24.3 Å². The van der Waals surface area contributed by atoms with E-state index in [1.54, 1.807) is 0 Å². The van der Waals surface area contributed by atoms with Crippen molar-refractivity contribution in [3.05, 3.63) is 204 Å². The number of allylic oxidation sites excluding steroid dienone is 21. The molecular formula is C43H31BF12. The van der Waals surface area contributed by atoms with Crippen LogP contribution >= 0.6 is 0 Å². The molecule has 4 atom stereocenters. The number of hydrogen-bond donors (Lipinski definition) is 0. The number of halogens is 12. The molecule has 0 radical (unpaired) electrons. The molecule has 0 N–H and O–H groups in total. The second-order valence-electron chi connectivity index (χ2n) is 14.0. The molecule has 0 heterocycles. The van der Waals surface area contributed by atoms with Gasteiger partial charge in [-0.1, -0.05) is 59.7 Å². The van der Waals surface area contributed by atoms with E-state index >= 15 is 35.1 Å². The lowest BCUT2D eigenvalue weighted by Crippen LogP contribution is -2.65. The minimum absolute atomic E-state index is 0.227. The molecule has 0 nitrogen and oxygen atoms in total. The van der Waals surface area contributed by atoms with Crippen LogP contribution in [0, 0.1) is 6.42 Å². The van der Waals surface area contributed by atoms with Gasteiger partial charge in [0, 0.05) is 66.2 Å². The van der Waals surface area contributed by atoms with Crippen molar-refractivity contribution in [3.8, 4) is 0 Å². The molecule has 13 heteroatoms. The smallest absolute Gasteiger partial charge is 0.207 e. The van der Waals surface area contributed by atoms with Crippen LogP contribution in [0.4, 0.5) is 52.7 Å². The summed E-state index contributed by atoms with van der Waals surface area (Å²) in [6, 6.07) is 21.1. The van der Waals surface area contributed by atoms with Crippen molar-refractivity contribution >= 4 is 11.7 Å². The zero-order valence-electron chi connectivity index (χ0n) is 29.0. The second kappa shape index (κ2) is 15.3.